The summed E-state index contributed by atoms with van der Waals surface area (Å²) in [7, 11) is 0. The summed E-state index contributed by atoms with van der Waals surface area (Å²) in [5.41, 5.74) is 4.53. The highest BCUT2D eigenvalue weighted by Crippen LogP contribution is 2.21. The number of nitrogens with one attached hydrogen (secondary N) is 2. The molecule has 34 heavy (non-hydrogen) atoms. The summed E-state index contributed by atoms with van der Waals surface area (Å²) in [6.07, 6.45) is 6.49. The zero-order chi connectivity index (χ0) is 22.9. The quantitative estimate of drug-likeness (QED) is 0.240. The molecule has 0 unspecified atom stereocenters. The number of aliphatic imine (C=N–C) groups is 1. The van der Waals surface area contributed by atoms with Crippen LogP contribution in [0.15, 0.2) is 72.0 Å². The zero-order valence-corrected chi connectivity index (χ0v) is 21.9. The lowest BCUT2D eigenvalue weighted by atomic mass is 10.1. The number of aromatic nitrogens is 2. The first-order valence-electron chi connectivity index (χ1n) is 11.7. The number of halogens is 1. The van der Waals surface area contributed by atoms with E-state index < -0.39 is 0 Å². The van der Waals surface area contributed by atoms with Crippen LogP contribution in [-0.2, 0) is 24.4 Å². The van der Waals surface area contributed by atoms with Gasteiger partial charge in [0.1, 0.15) is 0 Å². The first-order chi connectivity index (χ1) is 16.2. The van der Waals surface area contributed by atoms with Crippen LogP contribution < -0.4 is 15.5 Å². The number of guanidine groups is 1. The Morgan fingerprint density at radius 3 is 2.53 bits per heavy atom. The maximum atomic E-state index is 12.2. The molecule has 0 spiro atoms. The van der Waals surface area contributed by atoms with Crippen LogP contribution in [0.3, 0.4) is 0 Å². The van der Waals surface area contributed by atoms with Gasteiger partial charge in [-0.2, -0.15) is 5.10 Å². The monoisotopic (exact) mass is 572 g/mol. The third-order valence-electron chi connectivity index (χ3n) is 5.79. The Bertz CT molecular complexity index is 1070. The second-order valence-electron chi connectivity index (χ2n) is 8.19. The van der Waals surface area contributed by atoms with Crippen LogP contribution in [-0.4, -0.2) is 34.7 Å². The fourth-order valence-electron chi connectivity index (χ4n) is 4.00. The molecule has 0 saturated carbocycles. The van der Waals surface area contributed by atoms with Crippen LogP contribution >= 0.6 is 24.0 Å². The van der Waals surface area contributed by atoms with Gasteiger partial charge < -0.3 is 15.5 Å². The molecule has 1 aromatic heterocycles. The van der Waals surface area contributed by atoms with E-state index in [1.807, 2.05) is 34.0 Å². The van der Waals surface area contributed by atoms with Crippen LogP contribution in [0.2, 0.25) is 0 Å². The van der Waals surface area contributed by atoms with Gasteiger partial charge in [-0.15, -0.1) is 24.0 Å². The second-order valence-corrected chi connectivity index (χ2v) is 8.19. The summed E-state index contributed by atoms with van der Waals surface area (Å²) >= 11 is 0. The molecule has 0 aliphatic carbocycles. The number of nitrogens with zero attached hydrogens (tertiary/aromatic N) is 4. The molecule has 1 aliphatic rings. The minimum atomic E-state index is 0. The molecule has 3 aromatic rings. The van der Waals surface area contributed by atoms with Crippen molar-refractivity contribution in [3.8, 4) is 0 Å². The van der Waals surface area contributed by atoms with Gasteiger partial charge in [0.25, 0.3) is 0 Å². The number of piperidine rings is 1. The van der Waals surface area contributed by atoms with Crippen molar-refractivity contribution in [1.82, 2.24) is 20.4 Å². The Hall–Kier alpha value is -2.88. The summed E-state index contributed by atoms with van der Waals surface area (Å²) in [4.78, 5) is 18.8. The molecule has 1 saturated heterocycles. The van der Waals surface area contributed by atoms with Gasteiger partial charge in [-0.3, -0.25) is 9.48 Å². The molecule has 0 bridgehead atoms. The van der Waals surface area contributed by atoms with Crippen molar-refractivity contribution in [1.29, 1.82) is 0 Å². The SMILES string of the molecule is CCNC(=NCc1ccc(N2CCCCC2=O)cc1)NCc1ccccc1Cn1cccn1.I. The molecule has 8 heteroatoms. The molecule has 4 rings (SSSR count). The number of anilines is 1. The van der Waals surface area contributed by atoms with Crippen molar-refractivity contribution in [3.05, 3.63) is 83.7 Å². The molecule has 2 N–H and O–H groups in total. The fourth-order valence-corrected chi connectivity index (χ4v) is 4.00. The van der Waals surface area contributed by atoms with Gasteiger partial charge in [-0.25, -0.2) is 4.99 Å². The number of rotatable bonds is 8. The summed E-state index contributed by atoms with van der Waals surface area (Å²) in [5, 5.41) is 11.1. The first kappa shape index (κ1) is 25.7. The van der Waals surface area contributed by atoms with E-state index in [0.717, 1.165) is 49.7 Å². The average Bonchev–Trinajstić information content (AvgIpc) is 3.36. The first-order valence-corrected chi connectivity index (χ1v) is 11.7. The van der Waals surface area contributed by atoms with Crippen molar-refractivity contribution >= 4 is 41.5 Å². The molecule has 180 valence electrons. The molecule has 2 aromatic carbocycles. The molecule has 1 aliphatic heterocycles. The maximum Gasteiger partial charge on any atom is 0.226 e. The van der Waals surface area contributed by atoms with Gasteiger partial charge >= 0.3 is 0 Å². The van der Waals surface area contributed by atoms with Gasteiger partial charge in [0.15, 0.2) is 5.96 Å². The van der Waals surface area contributed by atoms with E-state index in [-0.39, 0.29) is 29.9 Å². The number of benzene rings is 2. The molecular formula is C26H33IN6O. The van der Waals surface area contributed by atoms with Crippen LogP contribution in [0.1, 0.15) is 42.9 Å². The summed E-state index contributed by atoms with van der Waals surface area (Å²) in [6.45, 7) is 5.65. The van der Waals surface area contributed by atoms with Gasteiger partial charge in [0.2, 0.25) is 5.91 Å². The van der Waals surface area contributed by atoms with Gasteiger partial charge in [-0.1, -0.05) is 36.4 Å². The highest BCUT2D eigenvalue weighted by molar-refractivity contribution is 14.0. The van der Waals surface area contributed by atoms with E-state index in [4.69, 9.17) is 4.99 Å². The molecule has 2 heterocycles. The Balaban J connectivity index is 0.00000324. The summed E-state index contributed by atoms with van der Waals surface area (Å²) in [6, 6.07) is 18.5. The van der Waals surface area contributed by atoms with Crippen molar-refractivity contribution in [2.75, 3.05) is 18.0 Å². The van der Waals surface area contributed by atoms with E-state index in [9.17, 15) is 4.79 Å². The van der Waals surface area contributed by atoms with Crippen molar-refractivity contribution in [2.24, 2.45) is 4.99 Å². The third-order valence-corrected chi connectivity index (χ3v) is 5.79. The smallest absolute Gasteiger partial charge is 0.226 e. The molecule has 7 nitrogen and oxygen atoms in total. The normalized spacial score (nSPS) is 14.0. The van der Waals surface area contributed by atoms with Gasteiger partial charge in [0.05, 0.1) is 13.1 Å². The second kappa shape index (κ2) is 13.1. The minimum Gasteiger partial charge on any atom is -0.357 e. The lowest BCUT2D eigenvalue weighted by molar-refractivity contribution is -0.119. The van der Waals surface area contributed by atoms with Gasteiger partial charge in [0, 0.05) is 44.1 Å². The lowest BCUT2D eigenvalue weighted by Gasteiger charge is -2.26. The predicted octanol–water partition coefficient (Wildman–Crippen LogP) is 4.32. The van der Waals surface area contributed by atoms with E-state index in [1.165, 1.54) is 11.1 Å². The number of hydrogen-bond acceptors (Lipinski definition) is 3. The lowest BCUT2D eigenvalue weighted by Crippen LogP contribution is -2.37. The maximum absolute atomic E-state index is 12.2. The largest absolute Gasteiger partial charge is 0.357 e. The number of hydrogen-bond donors (Lipinski definition) is 2. The highest BCUT2D eigenvalue weighted by Gasteiger charge is 2.19. The molecule has 0 radical (unpaired) electrons. The highest BCUT2D eigenvalue weighted by atomic mass is 127. The standard InChI is InChI=1S/C26H32N6O.HI/c1-2-27-26(29-19-22-8-3-4-9-23(22)20-31-16-7-15-30-31)28-18-21-11-13-24(14-12-21)32-17-6-5-10-25(32)33;/h3-4,7-9,11-16H,2,5-6,10,17-20H2,1H3,(H2,27,28,29);1H. The molecule has 1 fully saturated rings. The average molecular weight is 572 g/mol. The van der Waals surface area contributed by atoms with Crippen LogP contribution in [0.4, 0.5) is 5.69 Å². The third kappa shape index (κ3) is 7.06. The van der Waals surface area contributed by atoms with Crippen LogP contribution in [0, 0.1) is 0 Å². The van der Waals surface area contributed by atoms with E-state index in [0.29, 0.717) is 19.5 Å². The van der Waals surface area contributed by atoms with Crippen molar-refractivity contribution in [3.63, 3.8) is 0 Å². The van der Waals surface area contributed by atoms with E-state index in [2.05, 4.69) is 59.1 Å². The summed E-state index contributed by atoms with van der Waals surface area (Å²) in [5.74, 6) is 1.00. The van der Waals surface area contributed by atoms with E-state index in [1.54, 1.807) is 6.20 Å². The Labute approximate surface area is 218 Å². The topological polar surface area (TPSA) is 74.6 Å². The molecule has 1 amide bonds. The van der Waals surface area contributed by atoms with Crippen LogP contribution in [0.5, 0.6) is 0 Å². The van der Waals surface area contributed by atoms with Crippen molar-refractivity contribution < 1.29 is 4.79 Å². The number of carbonyl (C=O) groups excluding carboxylic acids is 1. The predicted molar refractivity (Wildman–Crippen MR) is 147 cm³/mol. The Morgan fingerprint density at radius 2 is 1.82 bits per heavy atom. The molecular weight excluding hydrogens is 539 g/mol. The molecule has 0 atom stereocenters. The van der Waals surface area contributed by atoms with E-state index >= 15 is 0 Å². The van der Waals surface area contributed by atoms with Crippen LogP contribution in [0.25, 0.3) is 0 Å². The fraction of sp³-hybridized carbons (Fsp3) is 0.346. The Morgan fingerprint density at radius 1 is 1.03 bits per heavy atom. The van der Waals surface area contributed by atoms with Crippen molar-refractivity contribution in [2.45, 2.75) is 45.8 Å². The Kier molecular flexibility index (Phi) is 9.93. The number of carbonyl (C=O) groups is 1. The van der Waals surface area contributed by atoms with Gasteiger partial charge in [-0.05, 0) is 54.7 Å². The zero-order valence-electron chi connectivity index (χ0n) is 19.6. The minimum absolute atomic E-state index is 0. The summed E-state index contributed by atoms with van der Waals surface area (Å²) < 4.78 is 1.93. The number of amides is 1.